The zero-order valence-corrected chi connectivity index (χ0v) is 16.1. The van der Waals surface area contributed by atoms with Crippen LogP contribution in [0.1, 0.15) is 17.5 Å². The molecule has 3 aliphatic heterocycles. The Labute approximate surface area is 173 Å². The highest BCUT2D eigenvalue weighted by molar-refractivity contribution is 5.70. The molecule has 7 rings (SSSR count). The number of rotatable bonds is 0. The predicted octanol–water partition coefficient (Wildman–Crippen LogP) is 4.23. The average molecular weight is 402 g/mol. The Balaban J connectivity index is 1.44. The molecule has 0 spiro atoms. The molecule has 6 heteroatoms. The molecule has 150 valence electrons. The smallest absolute Gasteiger partial charge is 0.231 e. The van der Waals surface area contributed by atoms with E-state index in [9.17, 15) is 0 Å². The predicted molar refractivity (Wildman–Crippen MR) is 106 cm³/mol. The highest BCUT2D eigenvalue weighted by Crippen LogP contribution is 2.43. The highest BCUT2D eigenvalue weighted by atomic mass is 16.7. The van der Waals surface area contributed by atoms with Crippen molar-refractivity contribution < 1.29 is 28.4 Å². The van der Waals surface area contributed by atoms with E-state index in [1.54, 1.807) is 0 Å². The van der Waals surface area contributed by atoms with Crippen LogP contribution in [0.2, 0.25) is 0 Å². The van der Waals surface area contributed by atoms with Gasteiger partial charge in [-0.3, -0.25) is 0 Å². The molecule has 0 amide bonds. The highest BCUT2D eigenvalue weighted by Gasteiger charge is 2.31. The van der Waals surface area contributed by atoms with Crippen LogP contribution in [0.25, 0.3) is 6.08 Å². The van der Waals surface area contributed by atoms with Crippen LogP contribution in [-0.4, -0.2) is 20.4 Å². The fourth-order valence-electron chi connectivity index (χ4n) is 4.67. The fourth-order valence-corrected chi connectivity index (χ4v) is 4.67. The molecule has 0 bridgehead atoms. The maximum atomic E-state index is 5.68. The van der Waals surface area contributed by atoms with Crippen LogP contribution in [-0.2, 0) is 25.4 Å². The minimum Gasteiger partial charge on any atom is -0.458 e. The first kappa shape index (κ1) is 16.3. The van der Waals surface area contributed by atoms with E-state index in [4.69, 9.17) is 28.4 Å². The van der Waals surface area contributed by atoms with Gasteiger partial charge in [0.25, 0.3) is 0 Å². The standard InChI is InChI=1S/C24H18O6/c1-13-4-19-21(27-10-25-19)6-15(13)2-17-8-23-24(30-12-29-23)9-18(17)3-16-7-22-20(5-14(1)16)26-11-28-22/h1-2,4-5,7-9,16H,3,6,10-12H2/b14-1+,15-2+/t16-/m0/s1. The third-order valence-electron chi connectivity index (χ3n) is 6.21. The van der Waals surface area contributed by atoms with Gasteiger partial charge in [0.05, 0.1) is 0 Å². The van der Waals surface area contributed by atoms with Crippen molar-refractivity contribution in [3.05, 3.63) is 87.3 Å². The van der Waals surface area contributed by atoms with E-state index in [1.165, 1.54) is 16.7 Å². The summed E-state index contributed by atoms with van der Waals surface area (Å²) in [4.78, 5) is 0. The largest absolute Gasteiger partial charge is 0.458 e. The SMILES string of the molecule is C1=C2OCOC2=C[C@@H]2Cc3cc4c(cc3/C=C3\CC5=C(C=C3/C=C\12)OCO5)OCO4. The third-order valence-corrected chi connectivity index (χ3v) is 6.21. The second-order valence-electron chi connectivity index (χ2n) is 7.95. The summed E-state index contributed by atoms with van der Waals surface area (Å²) in [7, 11) is 0. The van der Waals surface area contributed by atoms with Gasteiger partial charge in [-0.05, 0) is 64.6 Å². The Morgan fingerprint density at radius 2 is 1.57 bits per heavy atom. The molecule has 3 heterocycles. The molecule has 0 aromatic heterocycles. The van der Waals surface area contributed by atoms with Crippen LogP contribution in [0.15, 0.2) is 76.2 Å². The van der Waals surface area contributed by atoms with E-state index in [2.05, 4.69) is 42.5 Å². The van der Waals surface area contributed by atoms with Crippen molar-refractivity contribution in [2.75, 3.05) is 20.4 Å². The van der Waals surface area contributed by atoms with E-state index in [0.29, 0.717) is 6.42 Å². The molecule has 1 atom stereocenters. The molecule has 6 nitrogen and oxygen atoms in total. The van der Waals surface area contributed by atoms with E-state index < -0.39 is 0 Å². The third kappa shape index (κ3) is 2.43. The molecular formula is C24H18O6. The average Bonchev–Trinajstić information content (AvgIpc) is 3.48. The summed E-state index contributed by atoms with van der Waals surface area (Å²) in [6.45, 7) is 0.803. The quantitative estimate of drug-likeness (QED) is 0.647. The van der Waals surface area contributed by atoms with Gasteiger partial charge in [0.2, 0.25) is 20.4 Å². The lowest BCUT2D eigenvalue weighted by molar-refractivity contribution is 0.0736. The van der Waals surface area contributed by atoms with Crippen LogP contribution >= 0.6 is 0 Å². The summed E-state index contributed by atoms with van der Waals surface area (Å²) in [5.41, 5.74) is 5.83. The fraction of sp³-hybridized carbons (Fsp3) is 0.250. The van der Waals surface area contributed by atoms with Gasteiger partial charge >= 0.3 is 0 Å². The number of allylic oxidation sites excluding steroid dienone is 7. The Morgan fingerprint density at radius 1 is 0.733 bits per heavy atom. The summed E-state index contributed by atoms with van der Waals surface area (Å²) < 4.78 is 34.0. The first-order valence-corrected chi connectivity index (χ1v) is 10.1. The number of ether oxygens (including phenoxy) is 6. The summed E-state index contributed by atoms with van der Waals surface area (Å²) in [6, 6.07) is 4.18. The van der Waals surface area contributed by atoms with Gasteiger partial charge in [-0.2, -0.15) is 0 Å². The van der Waals surface area contributed by atoms with Gasteiger partial charge in [0.15, 0.2) is 28.8 Å². The molecule has 0 unspecified atom stereocenters. The van der Waals surface area contributed by atoms with Crippen molar-refractivity contribution in [1.29, 1.82) is 0 Å². The Kier molecular flexibility index (Phi) is 3.25. The van der Waals surface area contributed by atoms with Crippen LogP contribution in [0.5, 0.6) is 11.5 Å². The van der Waals surface area contributed by atoms with Crippen LogP contribution in [0.3, 0.4) is 0 Å². The monoisotopic (exact) mass is 402 g/mol. The van der Waals surface area contributed by atoms with Gasteiger partial charge in [0, 0.05) is 12.3 Å². The maximum Gasteiger partial charge on any atom is 0.231 e. The minimum absolute atomic E-state index is 0.161. The summed E-state index contributed by atoms with van der Waals surface area (Å²) in [5.74, 6) is 5.07. The van der Waals surface area contributed by atoms with Crippen molar-refractivity contribution >= 4 is 6.08 Å². The lowest BCUT2D eigenvalue weighted by Gasteiger charge is -2.21. The van der Waals surface area contributed by atoms with Crippen molar-refractivity contribution in [2.45, 2.75) is 12.8 Å². The van der Waals surface area contributed by atoms with Crippen molar-refractivity contribution in [3.63, 3.8) is 0 Å². The van der Waals surface area contributed by atoms with Crippen LogP contribution < -0.4 is 9.47 Å². The Hall–Kier alpha value is -3.54. The zero-order chi connectivity index (χ0) is 19.7. The van der Waals surface area contributed by atoms with Crippen molar-refractivity contribution in [1.82, 2.24) is 0 Å². The topological polar surface area (TPSA) is 55.4 Å². The van der Waals surface area contributed by atoms with Gasteiger partial charge in [-0.15, -0.1) is 0 Å². The van der Waals surface area contributed by atoms with E-state index in [0.717, 1.165) is 52.1 Å². The number of benzene rings is 1. The van der Waals surface area contributed by atoms with Crippen LogP contribution in [0, 0.1) is 5.92 Å². The van der Waals surface area contributed by atoms with Gasteiger partial charge in [-0.25, -0.2) is 0 Å². The second-order valence-corrected chi connectivity index (χ2v) is 7.95. The molecule has 30 heavy (non-hydrogen) atoms. The summed E-state index contributed by atoms with van der Waals surface area (Å²) in [6.07, 6.45) is 12.3. The lowest BCUT2D eigenvalue weighted by atomic mass is 9.85. The first-order chi connectivity index (χ1) is 14.8. The Bertz CT molecular complexity index is 1180. The second kappa shape index (κ2) is 5.98. The molecule has 1 fully saturated rings. The normalized spacial score (nSPS) is 28.3. The van der Waals surface area contributed by atoms with E-state index in [-0.39, 0.29) is 26.3 Å². The minimum atomic E-state index is 0.161. The number of fused-ring (bicyclic) bond motifs is 5. The molecule has 1 aromatic rings. The summed E-state index contributed by atoms with van der Waals surface area (Å²) >= 11 is 0. The molecule has 0 radical (unpaired) electrons. The first-order valence-electron chi connectivity index (χ1n) is 10.1. The van der Waals surface area contributed by atoms with Gasteiger partial charge in [0.1, 0.15) is 5.76 Å². The lowest BCUT2D eigenvalue weighted by Crippen LogP contribution is -2.11. The van der Waals surface area contributed by atoms with Gasteiger partial charge in [-0.1, -0.05) is 12.2 Å². The zero-order valence-electron chi connectivity index (χ0n) is 16.1. The van der Waals surface area contributed by atoms with E-state index in [1.807, 2.05) is 0 Å². The molecule has 1 saturated heterocycles. The maximum absolute atomic E-state index is 5.68. The molecule has 0 saturated carbocycles. The summed E-state index contributed by atoms with van der Waals surface area (Å²) in [5, 5.41) is 0. The molecular weight excluding hydrogens is 384 g/mol. The van der Waals surface area contributed by atoms with Crippen LogP contribution in [0.4, 0.5) is 0 Å². The van der Waals surface area contributed by atoms with Gasteiger partial charge < -0.3 is 28.4 Å². The molecule has 0 N–H and O–H groups in total. The number of hydrogen-bond acceptors (Lipinski definition) is 6. The molecule has 1 aromatic carbocycles. The Morgan fingerprint density at radius 3 is 2.53 bits per heavy atom. The van der Waals surface area contributed by atoms with Crippen molar-refractivity contribution in [2.24, 2.45) is 5.92 Å². The molecule has 6 aliphatic rings. The van der Waals surface area contributed by atoms with Crippen molar-refractivity contribution in [3.8, 4) is 11.5 Å². The molecule has 3 aliphatic carbocycles. The van der Waals surface area contributed by atoms with E-state index >= 15 is 0 Å². The number of hydrogen-bond donors (Lipinski definition) is 0.